The third kappa shape index (κ3) is 2.26. The third-order valence-corrected chi connectivity index (χ3v) is 5.18. The van der Waals surface area contributed by atoms with Crippen LogP contribution in [0.5, 0.6) is 0 Å². The number of carbonyl (C=O) groups is 1. The Kier molecular flexibility index (Phi) is 3.30. The maximum atomic E-state index is 12.8. The average Bonchev–Trinajstić information content (AvgIpc) is 2.84. The van der Waals surface area contributed by atoms with Crippen molar-refractivity contribution in [1.29, 1.82) is 0 Å². The van der Waals surface area contributed by atoms with Gasteiger partial charge in [-0.3, -0.25) is 14.7 Å². The third-order valence-electron chi connectivity index (χ3n) is 5.18. The van der Waals surface area contributed by atoms with Crippen molar-refractivity contribution in [2.75, 3.05) is 13.1 Å². The topological polar surface area (TPSA) is 33.2 Å². The van der Waals surface area contributed by atoms with Gasteiger partial charge in [-0.15, -0.1) is 0 Å². The van der Waals surface area contributed by atoms with E-state index >= 15 is 0 Å². The number of ketones is 1. The smallest absolute Gasteiger partial charge is 0.171 e. The van der Waals surface area contributed by atoms with Crippen molar-refractivity contribution in [1.82, 2.24) is 9.88 Å². The molecule has 0 N–H and O–H groups in total. The number of piperidine rings is 1. The number of carbonyl (C=O) groups excluding carboxylic acids is 1. The molecule has 2 aromatic rings. The number of fused-ring (bicyclic) bond motifs is 1. The highest BCUT2D eigenvalue weighted by Gasteiger charge is 2.47. The fourth-order valence-electron chi connectivity index (χ4n) is 3.86. The highest BCUT2D eigenvalue weighted by Crippen LogP contribution is 2.43. The average molecular weight is 292 g/mol. The zero-order valence-electron chi connectivity index (χ0n) is 12.7. The number of likely N-dealkylation sites (tertiary alicyclic amines) is 1. The van der Waals surface area contributed by atoms with Crippen LogP contribution in [0.25, 0.3) is 0 Å². The molecule has 0 atom stereocenters. The van der Waals surface area contributed by atoms with Crippen LogP contribution < -0.4 is 0 Å². The second kappa shape index (κ2) is 5.33. The molecule has 2 heterocycles. The van der Waals surface area contributed by atoms with Crippen molar-refractivity contribution in [3.63, 3.8) is 0 Å². The van der Waals surface area contributed by atoms with Crippen molar-refractivity contribution in [2.45, 2.75) is 25.8 Å². The fraction of sp³-hybridized carbons (Fsp3) is 0.368. The molecule has 3 nitrogen and oxygen atoms in total. The molecule has 22 heavy (non-hydrogen) atoms. The number of Topliss-reactive ketones (excluding diaryl/α,β-unsaturated/α-hetero) is 1. The second-order valence-corrected chi connectivity index (χ2v) is 6.55. The first-order valence-corrected chi connectivity index (χ1v) is 8.02. The quantitative estimate of drug-likeness (QED) is 0.852. The molecule has 1 aliphatic carbocycles. The lowest BCUT2D eigenvalue weighted by atomic mass is 9.75. The van der Waals surface area contributed by atoms with Crippen molar-refractivity contribution in [3.05, 3.63) is 65.5 Å². The summed E-state index contributed by atoms with van der Waals surface area (Å²) < 4.78 is 0. The molecule has 2 aliphatic rings. The van der Waals surface area contributed by atoms with Gasteiger partial charge in [-0.05, 0) is 43.6 Å². The highest BCUT2D eigenvalue weighted by molar-refractivity contribution is 6.04. The monoisotopic (exact) mass is 292 g/mol. The Labute approximate surface area is 131 Å². The van der Waals surface area contributed by atoms with E-state index in [2.05, 4.69) is 40.2 Å². The maximum absolute atomic E-state index is 12.8. The molecule has 3 heteroatoms. The minimum Gasteiger partial charge on any atom is -0.299 e. The Morgan fingerprint density at radius 2 is 1.82 bits per heavy atom. The summed E-state index contributed by atoms with van der Waals surface area (Å²) >= 11 is 0. The molecule has 1 fully saturated rings. The van der Waals surface area contributed by atoms with Crippen LogP contribution in [0.3, 0.4) is 0 Å². The molecule has 4 rings (SSSR count). The van der Waals surface area contributed by atoms with Crippen molar-refractivity contribution in [2.24, 2.45) is 5.41 Å². The van der Waals surface area contributed by atoms with Crippen LogP contribution in [0.2, 0.25) is 0 Å². The molecule has 112 valence electrons. The number of aromatic nitrogens is 1. The van der Waals surface area contributed by atoms with Crippen LogP contribution in [-0.4, -0.2) is 28.8 Å². The summed E-state index contributed by atoms with van der Waals surface area (Å²) in [4.78, 5) is 19.7. The van der Waals surface area contributed by atoms with Crippen molar-refractivity contribution >= 4 is 5.78 Å². The van der Waals surface area contributed by atoms with Gasteiger partial charge in [-0.1, -0.05) is 30.3 Å². The fourth-order valence-corrected chi connectivity index (χ4v) is 3.86. The minimum atomic E-state index is -0.177. The number of benzene rings is 1. The van der Waals surface area contributed by atoms with Crippen LogP contribution in [-0.2, 0) is 13.0 Å². The maximum Gasteiger partial charge on any atom is 0.171 e. The summed E-state index contributed by atoms with van der Waals surface area (Å²) in [6.07, 6.45) is 4.54. The molecule has 0 saturated carbocycles. The van der Waals surface area contributed by atoms with Gasteiger partial charge in [-0.25, -0.2) is 0 Å². The molecule has 0 unspecified atom stereocenters. The number of rotatable bonds is 2. The van der Waals surface area contributed by atoms with E-state index in [1.807, 2.05) is 12.1 Å². The Balaban J connectivity index is 1.46. The van der Waals surface area contributed by atoms with E-state index in [9.17, 15) is 4.79 Å². The summed E-state index contributed by atoms with van der Waals surface area (Å²) in [6, 6.07) is 14.4. The van der Waals surface area contributed by atoms with Gasteiger partial charge in [-0.2, -0.15) is 0 Å². The molecule has 1 saturated heterocycles. The molecule has 0 bridgehead atoms. The normalized spacial score (nSPS) is 20.3. The standard InChI is InChI=1S/C19H20N2O/c22-18-16-7-4-10-20-17(16)13-19(18)8-11-21(12-9-19)14-15-5-2-1-3-6-15/h1-7,10H,8-9,11-14H2. The van der Waals surface area contributed by atoms with Crippen LogP contribution >= 0.6 is 0 Å². The number of nitrogens with zero attached hydrogens (tertiary/aromatic N) is 2. The Morgan fingerprint density at radius 1 is 1.05 bits per heavy atom. The number of hydrogen-bond donors (Lipinski definition) is 0. The first-order chi connectivity index (χ1) is 10.8. The van der Waals surface area contributed by atoms with E-state index in [0.717, 1.165) is 50.2 Å². The van der Waals surface area contributed by atoms with Gasteiger partial charge in [0.25, 0.3) is 0 Å². The molecule has 1 aliphatic heterocycles. The number of pyridine rings is 1. The molecular formula is C19H20N2O. The summed E-state index contributed by atoms with van der Waals surface area (Å²) in [5.41, 5.74) is 3.04. The predicted octanol–water partition coefficient (Wildman–Crippen LogP) is 3.10. The van der Waals surface area contributed by atoms with Gasteiger partial charge in [0, 0.05) is 30.1 Å². The van der Waals surface area contributed by atoms with E-state index in [1.165, 1.54) is 5.56 Å². The zero-order chi connectivity index (χ0) is 15.0. The summed E-state index contributed by atoms with van der Waals surface area (Å²) in [6.45, 7) is 2.97. The SMILES string of the molecule is O=C1c2cccnc2CC12CCN(Cc1ccccc1)CC2. The lowest BCUT2D eigenvalue weighted by molar-refractivity contribution is 0.0622. The van der Waals surface area contributed by atoms with Crippen LogP contribution in [0.4, 0.5) is 0 Å². The minimum absolute atomic E-state index is 0.177. The lowest BCUT2D eigenvalue weighted by Crippen LogP contribution is -2.42. The largest absolute Gasteiger partial charge is 0.299 e. The summed E-state index contributed by atoms with van der Waals surface area (Å²) in [5, 5.41) is 0. The zero-order valence-corrected chi connectivity index (χ0v) is 12.7. The van der Waals surface area contributed by atoms with Crippen molar-refractivity contribution in [3.8, 4) is 0 Å². The number of hydrogen-bond acceptors (Lipinski definition) is 3. The van der Waals surface area contributed by atoms with Crippen LogP contribution in [0.15, 0.2) is 48.7 Å². The Hall–Kier alpha value is -2.00. The molecule has 0 amide bonds. The molecule has 1 aromatic carbocycles. The van der Waals surface area contributed by atoms with E-state index in [4.69, 9.17) is 0 Å². The van der Waals surface area contributed by atoms with Gasteiger partial charge >= 0.3 is 0 Å². The van der Waals surface area contributed by atoms with Gasteiger partial charge in [0.05, 0.1) is 5.69 Å². The Morgan fingerprint density at radius 3 is 2.55 bits per heavy atom. The first-order valence-electron chi connectivity index (χ1n) is 8.02. The van der Waals surface area contributed by atoms with Gasteiger partial charge in [0.2, 0.25) is 0 Å². The highest BCUT2D eigenvalue weighted by atomic mass is 16.1. The predicted molar refractivity (Wildman–Crippen MR) is 85.7 cm³/mol. The summed E-state index contributed by atoms with van der Waals surface area (Å²) in [5.74, 6) is 0.329. The van der Waals surface area contributed by atoms with E-state index in [0.29, 0.717) is 5.78 Å². The van der Waals surface area contributed by atoms with Crippen LogP contribution in [0.1, 0.15) is 34.5 Å². The summed E-state index contributed by atoms with van der Waals surface area (Å²) in [7, 11) is 0. The van der Waals surface area contributed by atoms with E-state index in [1.54, 1.807) is 6.20 Å². The molecule has 1 spiro atoms. The molecule has 1 aromatic heterocycles. The van der Waals surface area contributed by atoms with Gasteiger partial charge < -0.3 is 0 Å². The van der Waals surface area contributed by atoms with E-state index < -0.39 is 0 Å². The van der Waals surface area contributed by atoms with Gasteiger partial charge in [0.1, 0.15) is 0 Å². The molecule has 0 radical (unpaired) electrons. The first kappa shape index (κ1) is 13.6. The van der Waals surface area contributed by atoms with Crippen molar-refractivity contribution < 1.29 is 4.79 Å². The van der Waals surface area contributed by atoms with Crippen LogP contribution in [0, 0.1) is 5.41 Å². The molecular weight excluding hydrogens is 272 g/mol. The van der Waals surface area contributed by atoms with Gasteiger partial charge in [0.15, 0.2) is 5.78 Å². The Bertz CT molecular complexity index is 688. The van der Waals surface area contributed by atoms with E-state index in [-0.39, 0.29) is 5.41 Å². The second-order valence-electron chi connectivity index (χ2n) is 6.55. The lowest BCUT2D eigenvalue weighted by Gasteiger charge is -2.38.